The van der Waals surface area contributed by atoms with Gasteiger partial charge in [-0.05, 0) is 43.2 Å². The molecule has 1 aliphatic rings. The number of anilines is 1. The summed E-state index contributed by atoms with van der Waals surface area (Å²) in [5, 5.41) is 11.5. The number of halogens is 2. The van der Waals surface area contributed by atoms with E-state index in [0.717, 1.165) is 24.2 Å². The minimum absolute atomic E-state index is 0.0468. The first-order chi connectivity index (χ1) is 14.5. The smallest absolute Gasteiger partial charge is 0.286 e. The van der Waals surface area contributed by atoms with E-state index in [9.17, 15) is 18.4 Å². The molecule has 0 aliphatic carbocycles. The van der Waals surface area contributed by atoms with Crippen molar-refractivity contribution in [2.45, 2.75) is 18.8 Å². The van der Waals surface area contributed by atoms with Gasteiger partial charge in [0, 0.05) is 24.7 Å². The first-order valence-corrected chi connectivity index (χ1v) is 10.3. The average molecular weight is 428 g/mol. The van der Waals surface area contributed by atoms with Crippen LogP contribution in [0.4, 0.5) is 14.5 Å². The minimum atomic E-state index is -0.545. The SMILES string of the molecule is O=C(Nc1cccc(F)c1)c1nnc([C@H]2CCCN(C(=O)c3ccccc3F)C2)s1. The lowest BCUT2D eigenvalue weighted by Crippen LogP contribution is -2.39. The largest absolute Gasteiger partial charge is 0.338 e. The molecule has 1 atom stereocenters. The Labute approximate surface area is 175 Å². The van der Waals surface area contributed by atoms with Crippen LogP contribution in [0.15, 0.2) is 48.5 Å². The van der Waals surface area contributed by atoms with E-state index in [0.29, 0.717) is 23.8 Å². The molecular weight excluding hydrogens is 410 g/mol. The summed E-state index contributed by atoms with van der Waals surface area (Å²) in [7, 11) is 0. The number of carbonyl (C=O) groups is 2. The van der Waals surface area contributed by atoms with Gasteiger partial charge in [-0.25, -0.2) is 8.78 Å². The van der Waals surface area contributed by atoms with E-state index in [2.05, 4.69) is 15.5 Å². The van der Waals surface area contributed by atoms with E-state index in [4.69, 9.17) is 0 Å². The summed E-state index contributed by atoms with van der Waals surface area (Å²) in [5.74, 6) is -1.90. The van der Waals surface area contributed by atoms with E-state index in [1.165, 1.54) is 30.3 Å². The van der Waals surface area contributed by atoms with Gasteiger partial charge in [-0.3, -0.25) is 9.59 Å². The predicted octanol–water partition coefficient (Wildman–Crippen LogP) is 4.09. The number of likely N-dealkylation sites (tertiary alicyclic amines) is 1. The van der Waals surface area contributed by atoms with E-state index < -0.39 is 17.5 Å². The van der Waals surface area contributed by atoms with E-state index in [1.54, 1.807) is 23.1 Å². The highest BCUT2D eigenvalue weighted by atomic mass is 32.1. The van der Waals surface area contributed by atoms with Gasteiger partial charge in [0.2, 0.25) is 5.01 Å². The number of amides is 2. The van der Waals surface area contributed by atoms with Crippen molar-refractivity contribution in [3.05, 3.63) is 75.7 Å². The maximum atomic E-state index is 14.0. The quantitative estimate of drug-likeness (QED) is 0.679. The van der Waals surface area contributed by atoms with Crippen LogP contribution in [-0.4, -0.2) is 40.0 Å². The van der Waals surface area contributed by atoms with Crippen LogP contribution in [0.2, 0.25) is 0 Å². The lowest BCUT2D eigenvalue weighted by atomic mass is 9.98. The third kappa shape index (κ3) is 4.35. The molecule has 1 fully saturated rings. The molecule has 6 nitrogen and oxygen atoms in total. The van der Waals surface area contributed by atoms with Crippen molar-refractivity contribution >= 4 is 28.8 Å². The molecular formula is C21H18F2N4O2S. The first kappa shape index (κ1) is 20.1. The molecule has 154 valence electrons. The molecule has 1 aliphatic heterocycles. The standard InChI is InChI=1S/C21H18F2N4O2S/c22-14-6-3-7-15(11-14)24-18(28)20-26-25-19(30-20)13-5-4-10-27(12-13)21(29)16-8-1-2-9-17(16)23/h1-3,6-9,11,13H,4-5,10,12H2,(H,24,28)/t13-/m0/s1. The molecule has 2 aromatic carbocycles. The zero-order valence-corrected chi connectivity index (χ0v) is 16.7. The minimum Gasteiger partial charge on any atom is -0.338 e. The molecule has 1 aromatic heterocycles. The average Bonchev–Trinajstić information content (AvgIpc) is 3.24. The molecule has 0 radical (unpaired) electrons. The number of carbonyl (C=O) groups excluding carboxylic acids is 2. The van der Waals surface area contributed by atoms with E-state index in [1.807, 2.05) is 0 Å². The molecule has 0 saturated carbocycles. The summed E-state index contributed by atoms with van der Waals surface area (Å²) in [6, 6.07) is 11.5. The summed E-state index contributed by atoms with van der Waals surface area (Å²) >= 11 is 1.14. The molecule has 0 spiro atoms. The zero-order chi connectivity index (χ0) is 21.1. The second kappa shape index (κ2) is 8.66. The highest BCUT2D eigenvalue weighted by Crippen LogP contribution is 2.30. The van der Waals surface area contributed by atoms with Gasteiger partial charge in [0.05, 0.1) is 5.56 Å². The van der Waals surface area contributed by atoms with Gasteiger partial charge in [0.25, 0.3) is 11.8 Å². The molecule has 0 bridgehead atoms. The zero-order valence-electron chi connectivity index (χ0n) is 15.8. The second-order valence-corrected chi connectivity index (χ2v) is 7.99. The normalized spacial score (nSPS) is 16.3. The van der Waals surface area contributed by atoms with Gasteiger partial charge >= 0.3 is 0 Å². The number of nitrogens with one attached hydrogen (secondary N) is 1. The number of benzene rings is 2. The summed E-state index contributed by atoms with van der Waals surface area (Å²) < 4.78 is 27.3. The van der Waals surface area contributed by atoms with Gasteiger partial charge in [-0.2, -0.15) is 0 Å². The number of rotatable bonds is 4. The third-order valence-corrected chi connectivity index (χ3v) is 5.96. The molecule has 1 saturated heterocycles. The van der Waals surface area contributed by atoms with Gasteiger partial charge in [-0.1, -0.05) is 29.5 Å². The molecule has 9 heteroatoms. The summed E-state index contributed by atoms with van der Waals surface area (Å²) in [6.45, 7) is 0.919. The van der Waals surface area contributed by atoms with Gasteiger partial charge in [0.15, 0.2) is 0 Å². The van der Waals surface area contributed by atoms with Crippen LogP contribution in [0, 0.1) is 11.6 Å². The van der Waals surface area contributed by atoms with Crippen LogP contribution in [-0.2, 0) is 0 Å². The number of hydrogen-bond donors (Lipinski definition) is 1. The molecule has 1 N–H and O–H groups in total. The number of piperidine rings is 1. The van der Waals surface area contributed by atoms with Crippen LogP contribution in [0.25, 0.3) is 0 Å². The van der Waals surface area contributed by atoms with Crippen molar-refractivity contribution in [2.75, 3.05) is 18.4 Å². The van der Waals surface area contributed by atoms with Crippen LogP contribution in [0.3, 0.4) is 0 Å². The van der Waals surface area contributed by atoms with E-state index >= 15 is 0 Å². The van der Waals surface area contributed by atoms with Crippen molar-refractivity contribution in [2.24, 2.45) is 0 Å². The van der Waals surface area contributed by atoms with Crippen LogP contribution in [0.5, 0.6) is 0 Å². The van der Waals surface area contributed by atoms with Gasteiger partial charge in [0.1, 0.15) is 16.6 Å². The highest BCUT2D eigenvalue weighted by Gasteiger charge is 2.29. The molecule has 3 aromatic rings. The van der Waals surface area contributed by atoms with Crippen molar-refractivity contribution in [3.8, 4) is 0 Å². The Balaban J connectivity index is 1.44. The Kier molecular flexibility index (Phi) is 5.80. The molecule has 2 heterocycles. The van der Waals surface area contributed by atoms with Gasteiger partial charge in [-0.15, -0.1) is 10.2 Å². The summed E-state index contributed by atoms with van der Waals surface area (Å²) in [4.78, 5) is 26.7. The second-order valence-electron chi connectivity index (χ2n) is 6.98. The van der Waals surface area contributed by atoms with Crippen molar-refractivity contribution in [3.63, 3.8) is 0 Å². The molecule has 4 rings (SSSR count). The fraction of sp³-hybridized carbons (Fsp3) is 0.238. The van der Waals surface area contributed by atoms with Crippen molar-refractivity contribution < 1.29 is 18.4 Å². The number of nitrogens with zero attached hydrogens (tertiary/aromatic N) is 3. The highest BCUT2D eigenvalue weighted by molar-refractivity contribution is 7.13. The predicted molar refractivity (Wildman–Crippen MR) is 109 cm³/mol. The van der Waals surface area contributed by atoms with E-state index in [-0.39, 0.29) is 22.4 Å². The Morgan fingerprint density at radius 2 is 1.93 bits per heavy atom. The Morgan fingerprint density at radius 3 is 2.73 bits per heavy atom. The van der Waals surface area contributed by atoms with Crippen molar-refractivity contribution in [1.82, 2.24) is 15.1 Å². The Morgan fingerprint density at radius 1 is 1.10 bits per heavy atom. The van der Waals surface area contributed by atoms with Crippen molar-refractivity contribution in [1.29, 1.82) is 0 Å². The lowest BCUT2D eigenvalue weighted by molar-refractivity contribution is 0.0702. The third-order valence-electron chi connectivity index (χ3n) is 4.88. The van der Waals surface area contributed by atoms with Crippen LogP contribution in [0.1, 0.15) is 43.9 Å². The number of aromatic nitrogens is 2. The topological polar surface area (TPSA) is 75.2 Å². The van der Waals surface area contributed by atoms with Gasteiger partial charge < -0.3 is 10.2 Å². The number of hydrogen-bond acceptors (Lipinski definition) is 5. The molecule has 2 amide bonds. The first-order valence-electron chi connectivity index (χ1n) is 9.45. The fourth-order valence-electron chi connectivity index (χ4n) is 3.41. The van der Waals surface area contributed by atoms with Crippen LogP contribution < -0.4 is 5.32 Å². The monoisotopic (exact) mass is 428 g/mol. The fourth-order valence-corrected chi connectivity index (χ4v) is 4.27. The maximum absolute atomic E-state index is 14.0. The van der Waals surface area contributed by atoms with Crippen LogP contribution >= 0.6 is 11.3 Å². The summed E-state index contributed by atoms with van der Waals surface area (Å²) in [6.07, 6.45) is 1.54. The lowest BCUT2D eigenvalue weighted by Gasteiger charge is -2.31. The molecule has 30 heavy (non-hydrogen) atoms. The summed E-state index contributed by atoms with van der Waals surface area (Å²) in [5.41, 5.74) is 0.377. The molecule has 0 unspecified atom stereocenters. The maximum Gasteiger partial charge on any atom is 0.286 e. The Bertz CT molecular complexity index is 1090. The Hall–Kier alpha value is -3.20.